The van der Waals surface area contributed by atoms with Gasteiger partial charge in [0.2, 0.25) is 11.6 Å². The quantitative estimate of drug-likeness (QED) is 0.898. The van der Waals surface area contributed by atoms with Crippen LogP contribution in [0.4, 0.5) is 0 Å². The minimum Gasteiger partial charge on any atom is -0.353 e. The number of rotatable bonds is 5. The van der Waals surface area contributed by atoms with Crippen molar-refractivity contribution in [1.29, 1.82) is 0 Å². The van der Waals surface area contributed by atoms with Crippen molar-refractivity contribution in [3.63, 3.8) is 0 Å². The van der Waals surface area contributed by atoms with Crippen LogP contribution in [0.25, 0.3) is 5.65 Å². The van der Waals surface area contributed by atoms with Crippen LogP contribution in [0.2, 0.25) is 0 Å². The summed E-state index contributed by atoms with van der Waals surface area (Å²) in [5.74, 6) is 1.96. The van der Waals surface area contributed by atoms with E-state index >= 15 is 0 Å². The van der Waals surface area contributed by atoms with E-state index < -0.39 is 0 Å². The number of hydrogen-bond donors (Lipinski definition) is 1. The van der Waals surface area contributed by atoms with Crippen LogP contribution in [-0.2, 0) is 11.3 Å². The van der Waals surface area contributed by atoms with Crippen molar-refractivity contribution in [3.05, 3.63) is 28.6 Å². The van der Waals surface area contributed by atoms with Gasteiger partial charge in [-0.05, 0) is 31.6 Å². The smallest absolute Gasteiger partial charge is 0.310 e. The Bertz CT molecular complexity index is 809. The molecule has 25 heavy (non-hydrogen) atoms. The number of hydrogen-bond acceptors (Lipinski definition) is 4. The van der Waals surface area contributed by atoms with E-state index in [1.54, 1.807) is 16.8 Å². The second kappa shape index (κ2) is 7.37. The maximum atomic E-state index is 12.3. The van der Waals surface area contributed by atoms with Gasteiger partial charge in [0.15, 0.2) is 0 Å². The number of carbonyl (C=O) groups is 1. The number of aryl methyl sites for hydroxylation is 2. The fraction of sp³-hybridized carbons (Fsp3) is 0.667. The fourth-order valence-electron chi connectivity index (χ4n) is 3.71. The summed E-state index contributed by atoms with van der Waals surface area (Å²) in [7, 11) is 0. The molecule has 1 aliphatic carbocycles. The zero-order chi connectivity index (χ0) is 18.0. The van der Waals surface area contributed by atoms with Gasteiger partial charge in [0, 0.05) is 31.4 Å². The summed E-state index contributed by atoms with van der Waals surface area (Å²) in [6.45, 7) is 6.74. The lowest BCUT2D eigenvalue weighted by Gasteiger charge is -2.34. The van der Waals surface area contributed by atoms with Gasteiger partial charge in [0.25, 0.3) is 0 Å². The Labute approximate surface area is 147 Å². The molecule has 0 bridgehead atoms. The van der Waals surface area contributed by atoms with Crippen LogP contribution in [0.15, 0.2) is 17.2 Å². The molecule has 7 heteroatoms. The zero-order valence-electron chi connectivity index (χ0n) is 15.2. The molecule has 2 heterocycles. The number of nitrogens with one attached hydrogen (secondary N) is 1. The van der Waals surface area contributed by atoms with Crippen LogP contribution in [-0.4, -0.2) is 31.1 Å². The van der Waals surface area contributed by atoms with E-state index in [2.05, 4.69) is 29.2 Å². The summed E-state index contributed by atoms with van der Waals surface area (Å²) < 4.78 is 3.09. The van der Waals surface area contributed by atoms with E-state index in [1.807, 2.05) is 6.92 Å². The van der Waals surface area contributed by atoms with E-state index in [4.69, 9.17) is 0 Å². The van der Waals surface area contributed by atoms with Gasteiger partial charge in [-0.2, -0.15) is 5.10 Å². The Morgan fingerprint density at radius 3 is 2.96 bits per heavy atom. The van der Waals surface area contributed by atoms with Crippen LogP contribution in [0.3, 0.4) is 0 Å². The summed E-state index contributed by atoms with van der Waals surface area (Å²) in [5, 5.41) is 7.48. The Morgan fingerprint density at radius 2 is 2.16 bits per heavy atom. The van der Waals surface area contributed by atoms with Crippen molar-refractivity contribution in [2.75, 3.05) is 0 Å². The lowest BCUT2D eigenvalue weighted by Crippen LogP contribution is -2.43. The molecule has 1 amide bonds. The van der Waals surface area contributed by atoms with Crippen LogP contribution in [0.5, 0.6) is 0 Å². The van der Waals surface area contributed by atoms with Gasteiger partial charge in [0.1, 0.15) is 5.82 Å². The Balaban J connectivity index is 1.55. The second-order valence-corrected chi connectivity index (χ2v) is 7.24. The average Bonchev–Trinajstić information content (AvgIpc) is 3.07. The normalized spacial score (nSPS) is 23.7. The molecule has 1 fully saturated rings. The van der Waals surface area contributed by atoms with Crippen LogP contribution in [0.1, 0.15) is 51.8 Å². The van der Waals surface area contributed by atoms with Gasteiger partial charge in [-0.3, -0.25) is 14.0 Å². The van der Waals surface area contributed by atoms with E-state index in [0.717, 1.165) is 6.42 Å². The summed E-state index contributed by atoms with van der Waals surface area (Å²) >= 11 is 0. The standard InChI is InChI=1S/C18H27N5O2/c1-12-6-4-7-15(13(12)2)20-16(24)8-5-10-23-18(25)17-19-9-11-22(17)14(3)21-23/h9,11-13,15H,4-8,10H2,1-3H3,(H,20,24). The molecule has 3 unspecified atom stereocenters. The maximum Gasteiger partial charge on any atom is 0.310 e. The Morgan fingerprint density at radius 1 is 1.36 bits per heavy atom. The van der Waals surface area contributed by atoms with E-state index in [9.17, 15) is 9.59 Å². The Kier molecular flexibility index (Phi) is 5.20. The molecule has 7 nitrogen and oxygen atoms in total. The number of carbonyl (C=O) groups excluding carboxylic acids is 1. The summed E-state index contributed by atoms with van der Waals surface area (Å²) in [5.41, 5.74) is 0.160. The molecule has 1 N–H and O–H groups in total. The highest BCUT2D eigenvalue weighted by atomic mass is 16.1. The molecular weight excluding hydrogens is 318 g/mol. The summed E-state index contributed by atoms with van der Waals surface area (Å²) in [4.78, 5) is 28.7. The molecular formula is C18H27N5O2. The van der Waals surface area contributed by atoms with Gasteiger partial charge in [0.05, 0.1) is 0 Å². The predicted octanol–water partition coefficient (Wildman–Crippen LogP) is 1.92. The number of fused-ring (bicyclic) bond motifs is 1. The summed E-state index contributed by atoms with van der Waals surface area (Å²) in [6, 6.07) is 0.278. The largest absolute Gasteiger partial charge is 0.353 e. The van der Waals surface area contributed by atoms with Gasteiger partial charge >= 0.3 is 5.56 Å². The molecule has 1 saturated carbocycles. The third kappa shape index (κ3) is 3.75. The lowest BCUT2D eigenvalue weighted by molar-refractivity contribution is -0.122. The van der Waals surface area contributed by atoms with Gasteiger partial charge in [-0.15, -0.1) is 0 Å². The number of amides is 1. The lowest BCUT2D eigenvalue weighted by atomic mass is 9.78. The van der Waals surface area contributed by atoms with Gasteiger partial charge < -0.3 is 5.32 Å². The van der Waals surface area contributed by atoms with Crippen molar-refractivity contribution in [2.45, 2.75) is 65.5 Å². The van der Waals surface area contributed by atoms with Crippen LogP contribution >= 0.6 is 0 Å². The van der Waals surface area contributed by atoms with Crippen molar-refractivity contribution < 1.29 is 4.79 Å². The topological polar surface area (TPSA) is 81.3 Å². The van der Waals surface area contributed by atoms with E-state index in [0.29, 0.717) is 42.7 Å². The first-order valence-electron chi connectivity index (χ1n) is 9.17. The molecule has 0 spiro atoms. The molecule has 0 aromatic carbocycles. The Hall–Kier alpha value is -2.18. The minimum atomic E-state index is -0.217. The van der Waals surface area contributed by atoms with Crippen LogP contribution < -0.4 is 10.9 Å². The van der Waals surface area contributed by atoms with Crippen molar-refractivity contribution >= 4 is 11.6 Å². The third-order valence-electron chi connectivity index (χ3n) is 5.51. The highest BCUT2D eigenvalue weighted by Crippen LogP contribution is 2.29. The zero-order valence-corrected chi connectivity index (χ0v) is 15.2. The monoisotopic (exact) mass is 345 g/mol. The minimum absolute atomic E-state index is 0.0672. The molecule has 0 aliphatic heterocycles. The average molecular weight is 345 g/mol. The summed E-state index contributed by atoms with van der Waals surface area (Å²) in [6.07, 6.45) is 7.81. The first-order chi connectivity index (χ1) is 12.0. The third-order valence-corrected chi connectivity index (χ3v) is 5.51. The highest BCUT2D eigenvalue weighted by molar-refractivity contribution is 5.76. The molecule has 3 rings (SSSR count). The van der Waals surface area contributed by atoms with Crippen molar-refractivity contribution in [3.8, 4) is 0 Å². The fourth-order valence-corrected chi connectivity index (χ4v) is 3.71. The second-order valence-electron chi connectivity index (χ2n) is 7.24. The predicted molar refractivity (Wildman–Crippen MR) is 95.3 cm³/mol. The maximum absolute atomic E-state index is 12.3. The molecule has 2 aromatic rings. The highest BCUT2D eigenvalue weighted by Gasteiger charge is 2.27. The van der Waals surface area contributed by atoms with Crippen molar-refractivity contribution in [1.82, 2.24) is 24.5 Å². The molecule has 2 aromatic heterocycles. The number of aromatic nitrogens is 4. The van der Waals surface area contributed by atoms with E-state index in [1.165, 1.54) is 17.5 Å². The number of imidazole rings is 1. The molecule has 136 valence electrons. The SMILES string of the molecule is Cc1nn(CCCC(=O)NC2CCCC(C)C2C)c(=O)c2nccn12. The van der Waals surface area contributed by atoms with Crippen molar-refractivity contribution in [2.24, 2.45) is 11.8 Å². The van der Waals surface area contributed by atoms with Gasteiger partial charge in [-0.1, -0.05) is 26.7 Å². The first-order valence-corrected chi connectivity index (χ1v) is 9.17. The first kappa shape index (κ1) is 17.6. The van der Waals surface area contributed by atoms with Gasteiger partial charge in [-0.25, -0.2) is 9.67 Å². The van der Waals surface area contributed by atoms with Crippen LogP contribution in [0, 0.1) is 18.8 Å². The molecule has 1 aliphatic rings. The number of nitrogens with zero attached hydrogens (tertiary/aromatic N) is 4. The molecule has 3 atom stereocenters. The van der Waals surface area contributed by atoms with E-state index in [-0.39, 0.29) is 17.5 Å². The molecule has 0 radical (unpaired) electrons. The molecule has 0 saturated heterocycles.